The molecule has 1 aromatic carbocycles. The van der Waals surface area contributed by atoms with Crippen molar-refractivity contribution in [1.29, 1.82) is 5.26 Å². The monoisotopic (exact) mass is 279 g/mol. The fraction of sp³-hybridized carbons (Fsp3) is 0.462. The Hall–Kier alpha value is -1.42. The molecule has 0 amide bonds. The van der Waals surface area contributed by atoms with Crippen LogP contribution in [-0.4, -0.2) is 38.4 Å². The van der Waals surface area contributed by atoms with E-state index in [1.165, 1.54) is 4.31 Å². The van der Waals surface area contributed by atoms with Crippen LogP contribution in [0.4, 0.5) is 0 Å². The molecule has 1 fully saturated rings. The molecule has 0 bridgehead atoms. The van der Waals surface area contributed by atoms with Gasteiger partial charge in [0.1, 0.15) is 6.04 Å². The quantitative estimate of drug-likeness (QED) is 0.868. The van der Waals surface area contributed by atoms with Gasteiger partial charge in [0.05, 0.1) is 11.0 Å². The number of rotatable bonds is 2. The lowest BCUT2D eigenvalue weighted by molar-refractivity contribution is 0.312. The van der Waals surface area contributed by atoms with E-state index in [0.717, 1.165) is 11.1 Å². The summed E-state index contributed by atoms with van der Waals surface area (Å²) in [4.78, 5) is 0.262. The Kier molecular flexibility index (Phi) is 3.90. The Balaban J connectivity index is 2.41. The number of nitrogens with one attached hydrogen (secondary N) is 1. The van der Waals surface area contributed by atoms with Crippen LogP contribution in [0.25, 0.3) is 0 Å². The largest absolute Gasteiger partial charge is 0.313 e. The number of nitriles is 1. The van der Waals surface area contributed by atoms with Gasteiger partial charge in [0, 0.05) is 19.6 Å². The predicted octanol–water partition coefficient (Wildman–Crippen LogP) is 0.790. The topological polar surface area (TPSA) is 73.2 Å². The van der Waals surface area contributed by atoms with E-state index in [2.05, 4.69) is 5.32 Å². The van der Waals surface area contributed by atoms with E-state index in [9.17, 15) is 8.42 Å². The first-order valence-corrected chi connectivity index (χ1v) is 7.60. The highest BCUT2D eigenvalue weighted by Gasteiger charge is 2.33. The van der Waals surface area contributed by atoms with Crippen LogP contribution >= 0.6 is 0 Å². The van der Waals surface area contributed by atoms with Gasteiger partial charge in [0.15, 0.2) is 0 Å². The van der Waals surface area contributed by atoms with Crippen molar-refractivity contribution in [3.63, 3.8) is 0 Å². The van der Waals surface area contributed by atoms with Gasteiger partial charge in [-0.25, -0.2) is 8.42 Å². The molecule has 0 spiro atoms. The van der Waals surface area contributed by atoms with Gasteiger partial charge in [-0.1, -0.05) is 6.07 Å². The van der Waals surface area contributed by atoms with Gasteiger partial charge in [-0.3, -0.25) is 0 Å². The van der Waals surface area contributed by atoms with Crippen LogP contribution in [-0.2, 0) is 10.0 Å². The summed E-state index contributed by atoms with van der Waals surface area (Å²) in [6.07, 6.45) is 0. The van der Waals surface area contributed by atoms with Crippen molar-refractivity contribution in [2.24, 2.45) is 0 Å². The Morgan fingerprint density at radius 1 is 1.37 bits per heavy atom. The number of aryl methyl sites for hydroxylation is 2. The number of sulfonamides is 1. The van der Waals surface area contributed by atoms with Crippen molar-refractivity contribution in [3.8, 4) is 6.07 Å². The standard InChI is InChI=1S/C13H17N3O2S/c1-10-3-4-13(7-11(10)2)19(17,18)16-6-5-15-9-12(16)8-14/h3-4,7,12,15H,5-6,9H2,1-2H3. The minimum atomic E-state index is -3.59. The van der Waals surface area contributed by atoms with E-state index in [1.54, 1.807) is 18.2 Å². The summed E-state index contributed by atoms with van der Waals surface area (Å²) in [5, 5.41) is 12.1. The van der Waals surface area contributed by atoms with Crippen LogP contribution < -0.4 is 5.32 Å². The van der Waals surface area contributed by atoms with Gasteiger partial charge in [-0.2, -0.15) is 9.57 Å². The Bertz CT molecular complexity index is 619. The molecule has 0 saturated carbocycles. The molecule has 1 aliphatic heterocycles. The van der Waals surface area contributed by atoms with Gasteiger partial charge < -0.3 is 5.32 Å². The number of hydrogen-bond acceptors (Lipinski definition) is 4. The van der Waals surface area contributed by atoms with E-state index in [-0.39, 0.29) is 4.90 Å². The maximum absolute atomic E-state index is 12.6. The zero-order chi connectivity index (χ0) is 14.0. The second-order valence-electron chi connectivity index (χ2n) is 4.71. The van der Waals surface area contributed by atoms with Crippen LogP contribution in [0, 0.1) is 25.2 Å². The normalized spacial score (nSPS) is 21.0. The van der Waals surface area contributed by atoms with Crippen molar-refractivity contribution in [3.05, 3.63) is 29.3 Å². The third-order valence-corrected chi connectivity index (χ3v) is 5.33. The zero-order valence-electron chi connectivity index (χ0n) is 11.0. The minimum absolute atomic E-state index is 0.262. The van der Waals surface area contributed by atoms with Gasteiger partial charge in [0.2, 0.25) is 10.0 Å². The molecule has 1 N–H and O–H groups in total. The van der Waals surface area contributed by atoms with Crippen molar-refractivity contribution < 1.29 is 8.42 Å². The molecule has 5 nitrogen and oxygen atoms in total. The highest BCUT2D eigenvalue weighted by atomic mass is 32.2. The first-order valence-electron chi connectivity index (χ1n) is 6.16. The lowest BCUT2D eigenvalue weighted by Gasteiger charge is -2.31. The highest BCUT2D eigenvalue weighted by molar-refractivity contribution is 7.89. The third-order valence-electron chi connectivity index (χ3n) is 3.43. The summed E-state index contributed by atoms with van der Waals surface area (Å²) < 4.78 is 26.4. The van der Waals surface area contributed by atoms with Crippen LogP contribution in [0.2, 0.25) is 0 Å². The molecule has 1 unspecified atom stereocenters. The fourth-order valence-electron chi connectivity index (χ4n) is 2.09. The average molecular weight is 279 g/mol. The van der Waals surface area contributed by atoms with Crippen molar-refractivity contribution in [2.45, 2.75) is 24.8 Å². The van der Waals surface area contributed by atoms with Crippen LogP contribution in [0.3, 0.4) is 0 Å². The summed E-state index contributed by atoms with van der Waals surface area (Å²) in [7, 11) is -3.59. The molecule has 0 aliphatic carbocycles. The van der Waals surface area contributed by atoms with Gasteiger partial charge >= 0.3 is 0 Å². The smallest absolute Gasteiger partial charge is 0.244 e. The summed E-state index contributed by atoms with van der Waals surface area (Å²) in [6.45, 7) is 5.10. The maximum Gasteiger partial charge on any atom is 0.244 e. The van der Waals surface area contributed by atoms with Gasteiger partial charge in [-0.15, -0.1) is 0 Å². The van der Waals surface area contributed by atoms with Crippen LogP contribution in [0.5, 0.6) is 0 Å². The molecule has 0 radical (unpaired) electrons. The van der Waals surface area contributed by atoms with Crippen molar-refractivity contribution in [2.75, 3.05) is 19.6 Å². The summed E-state index contributed by atoms with van der Waals surface area (Å²) >= 11 is 0. The molecule has 1 atom stereocenters. The van der Waals surface area contributed by atoms with Crippen molar-refractivity contribution in [1.82, 2.24) is 9.62 Å². The molecule has 1 aliphatic rings. The first kappa shape index (κ1) is 14.0. The molecular formula is C13H17N3O2S. The first-order chi connectivity index (χ1) is 8.96. The molecular weight excluding hydrogens is 262 g/mol. The SMILES string of the molecule is Cc1ccc(S(=O)(=O)N2CCNCC2C#N)cc1C. The predicted molar refractivity (Wildman–Crippen MR) is 72.1 cm³/mol. The maximum atomic E-state index is 12.6. The van der Waals surface area contributed by atoms with E-state index >= 15 is 0 Å². The molecule has 6 heteroatoms. The highest BCUT2D eigenvalue weighted by Crippen LogP contribution is 2.21. The summed E-state index contributed by atoms with van der Waals surface area (Å²) in [5.41, 5.74) is 1.99. The molecule has 1 aromatic rings. The number of benzene rings is 1. The van der Waals surface area contributed by atoms with Gasteiger partial charge in [-0.05, 0) is 37.1 Å². The number of nitrogens with zero attached hydrogens (tertiary/aromatic N) is 2. The van der Waals surface area contributed by atoms with Crippen LogP contribution in [0.15, 0.2) is 23.1 Å². The molecule has 19 heavy (non-hydrogen) atoms. The number of piperazine rings is 1. The fourth-order valence-corrected chi connectivity index (χ4v) is 3.72. The zero-order valence-corrected chi connectivity index (χ0v) is 11.9. The molecule has 1 saturated heterocycles. The van der Waals surface area contributed by atoms with Crippen molar-refractivity contribution >= 4 is 10.0 Å². The Morgan fingerprint density at radius 2 is 2.11 bits per heavy atom. The number of hydrogen-bond donors (Lipinski definition) is 1. The molecule has 0 aromatic heterocycles. The molecule has 102 valence electrons. The lowest BCUT2D eigenvalue weighted by atomic mass is 10.1. The minimum Gasteiger partial charge on any atom is -0.313 e. The van der Waals surface area contributed by atoms with E-state index in [1.807, 2.05) is 19.9 Å². The Labute approximate surface area is 113 Å². The van der Waals surface area contributed by atoms with E-state index in [4.69, 9.17) is 5.26 Å². The van der Waals surface area contributed by atoms with Gasteiger partial charge in [0.25, 0.3) is 0 Å². The summed E-state index contributed by atoms with van der Waals surface area (Å²) in [5.74, 6) is 0. The second kappa shape index (κ2) is 5.29. The Morgan fingerprint density at radius 3 is 2.74 bits per heavy atom. The summed E-state index contributed by atoms with van der Waals surface area (Å²) in [6, 6.07) is 6.47. The second-order valence-corrected chi connectivity index (χ2v) is 6.60. The molecule has 1 heterocycles. The third kappa shape index (κ3) is 2.63. The van der Waals surface area contributed by atoms with E-state index < -0.39 is 16.1 Å². The average Bonchev–Trinajstić information content (AvgIpc) is 2.41. The molecule has 2 rings (SSSR count). The lowest BCUT2D eigenvalue weighted by Crippen LogP contribution is -2.52. The van der Waals surface area contributed by atoms with E-state index in [0.29, 0.717) is 19.6 Å². The van der Waals surface area contributed by atoms with Crippen LogP contribution in [0.1, 0.15) is 11.1 Å².